The van der Waals surface area contributed by atoms with Gasteiger partial charge >= 0.3 is 0 Å². The van der Waals surface area contributed by atoms with E-state index in [-0.39, 0.29) is 12.4 Å². The largest absolute Gasteiger partial charge is 0.497 e. The average Bonchev–Trinajstić information content (AvgIpc) is 3.17. The van der Waals surface area contributed by atoms with Crippen LogP contribution in [0.25, 0.3) is 16.9 Å². The molecular weight excluding hydrogens is 400 g/mol. The lowest BCUT2D eigenvalue weighted by atomic mass is 10.1. The van der Waals surface area contributed by atoms with Crippen LogP contribution in [0.15, 0.2) is 54.7 Å². The van der Waals surface area contributed by atoms with Gasteiger partial charge in [-0.25, -0.2) is 4.68 Å². The predicted molar refractivity (Wildman–Crippen MR) is 122 cm³/mol. The van der Waals surface area contributed by atoms with Gasteiger partial charge in [-0.05, 0) is 37.3 Å². The van der Waals surface area contributed by atoms with E-state index < -0.39 is 0 Å². The van der Waals surface area contributed by atoms with Crippen molar-refractivity contribution >= 4 is 12.4 Å². The highest BCUT2D eigenvalue weighted by Crippen LogP contribution is 2.35. The molecule has 2 aromatic carbocycles. The number of para-hydroxylation sites is 1. The zero-order chi connectivity index (χ0) is 20.2. The molecule has 1 aliphatic heterocycles. The maximum Gasteiger partial charge on any atom is 0.128 e. The summed E-state index contributed by atoms with van der Waals surface area (Å²) in [6.07, 6.45) is 2.14. The molecule has 1 aliphatic rings. The van der Waals surface area contributed by atoms with Crippen LogP contribution in [-0.2, 0) is 6.54 Å². The zero-order valence-corrected chi connectivity index (χ0v) is 18.5. The Morgan fingerprint density at radius 3 is 2.60 bits per heavy atom. The molecule has 30 heavy (non-hydrogen) atoms. The Bertz CT molecular complexity index is 961. The van der Waals surface area contributed by atoms with Gasteiger partial charge in [0.05, 0.1) is 19.9 Å². The molecule has 0 unspecified atom stereocenters. The lowest BCUT2D eigenvalue weighted by molar-refractivity contribution is 0.200. The normalized spacial score (nSPS) is 16.7. The molecule has 7 heteroatoms. The molecule has 2 heterocycles. The molecule has 0 bridgehead atoms. The van der Waals surface area contributed by atoms with E-state index in [1.165, 1.54) is 5.56 Å². The minimum atomic E-state index is 0. The van der Waals surface area contributed by atoms with Crippen LogP contribution in [0.4, 0.5) is 0 Å². The maximum absolute atomic E-state index is 5.65. The SMILES string of the molecule is COc1ccc(OC)c(-c2nn(-c3ccccc3)cc2CN2CCN[C@@H](C)C2)c1.Cl. The quantitative estimate of drug-likeness (QED) is 0.647. The van der Waals surface area contributed by atoms with Crippen LogP contribution < -0.4 is 14.8 Å². The smallest absolute Gasteiger partial charge is 0.128 e. The molecule has 3 aromatic rings. The van der Waals surface area contributed by atoms with E-state index in [1.807, 2.05) is 41.1 Å². The Labute approximate surface area is 184 Å². The number of nitrogens with zero attached hydrogens (tertiary/aromatic N) is 3. The number of benzene rings is 2. The molecule has 0 spiro atoms. The minimum Gasteiger partial charge on any atom is -0.497 e. The lowest BCUT2D eigenvalue weighted by Gasteiger charge is -2.31. The fraction of sp³-hybridized carbons (Fsp3) is 0.348. The molecule has 0 amide bonds. The Balaban J connectivity index is 0.00000256. The average molecular weight is 429 g/mol. The molecule has 1 fully saturated rings. The van der Waals surface area contributed by atoms with Crippen molar-refractivity contribution in [3.8, 4) is 28.4 Å². The van der Waals surface area contributed by atoms with E-state index in [1.54, 1.807) is 14.2 Å². The fourth-order valence-electron chi connectivity index (χ4n) is 3.86. The summed E-state index contributed by atoms with van der Waals surface area (Å²) < 4.78 is 13.1. The summed E-state index contributed by atoms with van der Waals surface area (Å²) in [4.78, 5) is 2.48. The van der Waals surface area contributed by atoms with Crippen molar-refractivity contribution in [1.29, 1.82) is 0 Å². The first-order chi connectivity index (χ1) is 14.2. The monoisotopic (exact) mass is 428 g/mol. The molecule has 1 N–H and O–H groups in total. The standard InChI is InChI=1S/C23H28N4O2.ClH/c1-17-14-26(12-11-24-17)15-18-16-27(19-7-5-4-6-8-19)25-23(18)21-13-20(28-2)9-10-22(21)29-3;/h4-10,13,16-17,24H,11-12,14-15H2,1-3H3;1H/t17-;/m0./s1. The van der Waals surface area contributed by atoms with Gasteiger partial charge in [-0.3, -0.25) is 4.90 Å². The first kappa shape index (κ1) is 22.2. The first-order valence-corrected chi connectivity index (χ1v) is 10.00. The second kappa shape index (κ2) is 9.98. The zero-order valence-electron chi connectivity index (χ0n) is 17.7. The fourth-order valence-corrected chi connectivity index (χ4v) is 3.86. The summed E-state index contributed by atoms with van der Waals surface area (Å²) in [5.41, 5.74) is 4.08. The number of hydrogen-bond acceptors (Lipinski definition) is 5. The van der Waals surface area contributed by atoms with Crippen LogP contribution in [0.2, 0.25) is 0 Å². The van der Waals surface area contributed by atoms with Gasteiger partial charge in [0, 0.05) is 49.5 Å². The van der Waals surface area contributed by atoms with Crippen LogP contribution in [0, 0.1) is 0 Å². The Hall–Kier alpha value is -2.54. The molecule has 1 saturated heterocycles. The third kappa shape index (κ3) is 4.78. The van der Waals surface area contributed by atoms with Crippen LogP contribution >= 0.6 is 12.4 Å². The predicted octanol–water partition coefficient (Wildman–Crippen LogP) is 3.77. The Morgan fingerprint density at radius 1 is 1.10 bits per heavy atom. The second-order valence-electron chi connectivity index (χ2n) is 7.44. The van der Waals surface area contributed by atoms with Crippen LogP contribution in [-0.4, -0.2) is 54.6 Å². The molecule has 1 atom stereocenters. The van der Waals surface area contributed by atoms with Gasteiger partial charge in [-0.15, -0.1) is 12.4 Å². The highest BCUT2D eigenvalue weighted by atomic mass is 35.5. The number of halogens is 1. The van der Waals surface area contributed by atoms with Crippen molar-refractivity contribution < 1.29 is 9.47 Å². The van der Waals surface area contributed by atoms with Gasteiger partial charge in [-0.1, -0.05) is 18.2 Å². The van der Waals surface area contributed by atoms with Crippen molar-refractivity contribution in [3.05, 3.63) is 60.3 Å². The third-order valence-electron chi connectivity index (χ3n) is 5.32. The van der Waals surface area contributed by atoms with Crippen molar-refractivity contribution in [2.75, 3.05) is 33.9 Å². The van der Waals surface area contributed by atoms with Gasteiger partial charge in [0.1, 0.15) is 17.2 Å². The lowest BCUT2D eigenvalue weighted by Crippen LogP contribution is -2.48. The number of rotatable bonds is 6. The van der Waals surface area contributed by atoms with Gasteiger partial charge < -0.3 is 14.8 Å². The molecule has 160 valence electrons. The number of ether oxygens (including phenoxy) is 2. The van der Waals surface area contributed by atoms with E-state index in [0.717, 1.165) is 54.6 Å². The summed E-state index contributed by atoms with van der Waals surface area (Å²) in [5.74, 6) is 1.58. The third-order valence-corrected chi connectivity index (χ3v) is 5.32. The van der Waals surface area contributed by atoms with E-state index in [4.69, 9.17) is 14.6 Å². The van der Waals surface area contributed by atoms with Crippen molar-refractivity contribution in [2.24, 2.45) is 0 Å². The number of nitrogens with one attached hydrogen (secondary N) is 1. The van der Waals surface area contributed by atoms with Crippen LogP contribution in [0.3, 0.4) is 0 Å². The highest BCUT2D eigenvalue weighted by molar-refractivity contribution is 5.85. The van der Waals surface area contributed by atoms with Gasteiger partial charge in [-0.2, -0.15) is 5.10 Å². The van der Waals surface area contributed by atoms with Crippen molar-refractivity contribution in [3.63, 3.8) is 0 Å². The minimum absolute atomic E-state index is 0. The molecule has 0 radical (unpaired) electrons. The molecule has 4 rings (SSSR count). The van der Waals surface area contributed by atoms with Gasteiger partial charge in [0.25, 0.3) is 0 Å². The second-order valence-corrected chi connectivity index (χ2v) is 7.44. The molecule has 0 aliphatic carbocycles. The number of methoxy groups -OCH3 is 2. The van der Waals surface area contributed by atoms with E-state index >= 15 is 0 Å². The number of piperazine rings is 1. The summed E-state index contributed by atoms with van der Waals surface area (Å²) in [7, 11) is 3.37. The molecular formula is C23H29ClN4O2. The molecule has 1 aromatic heterocycles. The Morgan fingerprint density at radius 2 is 1.90 bits per heavy atom. The highest BCUT2D eigenvalue weighted by Gasteiger charge is 2.21. The van der Waals surface area contributed by atoms with E-state index in [2.05, 4.69) is 35.5 Å². The van der Waals surface area contributed by atoms with Gasteiger partial charge in [0.15, 0.2) is 0 Å². The summed E-state index contributed by atoms with van der Waals surface area (Å²) in [6, 6.07) is 16.5. The molecule has 6 nitrogen and oxygen atoms in total. The number of hydrogen-bond donors (Lipinski definition) is 1. The topological polar surface area (TPSA) is 51.6 Å². The van der Waals surface area contributed by atoms with Gasteiger partial charge in [0.2, 0.25) is 0 Å². The van der Waals surface area contributed by atoms with Crippen molar-refractivity contribution in [1.82, 2.24) is 20.0 Å². The summed E-state index contributed by atoms with van der Waals surface area (Å²) >= 11 is 0. The van der Waals surface area contributed by atoms with E-state index in [9.17, 15) is 0 Å². The molecule has 0 saturated carbocycles. The number of aromatic nitrogens is 2. The van der Waals surface area contributed by atoms with Crippen LogP contribution in [0.1, 0.15) is 12.5 Å². The maximum atomic E-state index is 5.65. The van der Waals surface area contributed by atoms with Crippen molar-refractivity contribution in [2.45, 2.75) is 19.5 Å². The Kier molecular flexibility index (Phi) is 7.37. The first-order valence-electron chi connectivity index (χ1n) is 10.00. The summed E-state index contributed by atoms with van der Waals surface area (Å²) in [6.45, 7) is 6.12. The summed E-state index contributed by atoms with van der Waals surface area (Å²) in [5, 5.41) is 8.47. The van der Waals surface area contributed by atoms with Crippen LogP contribution in [0.5, 0.6) is 11.5 Å². The van der Waals surface area contributed by atoms with E-state index in [0.29, 0.717) is 6.04 Å².